The van der Waals surface area contributed by atoms with Gasteiger partial charge in [-0.15, -0.1) is 11.3 Å². The van der Waals surface area contributed by atoms with Crippen LogP contribution in [0, 0.1) is 12.7 Å². The average molecular weight is 328 g/mol. The fourth-order valence-electron chi connectivity index (χ4n) is 1.94. The normalized spacial score (nSPS) is 12.7. The summed E-state index contributed by atoms with van der Waals surface area (Å²) >= 11 is 5.18. The first-order chi connectivity index (χ1) is 8.60. The fraction of sp³-hybridized carbons (Fsp3) is 0.286. The van der Waals surface area contributed by atoms with Crippen LogP contribution in [0.3, 0.4) is 0 Å². The van der Waals surface area contributed by atoms with Gasteiger partial charge in [-0.2, -0.15) is 0 Å². The molecule has 96 valence electrons. The third kappa shape index (κ3) is 3.19. The molecule has 0 saturated heterocycles. The molecule has 1 nitrogen and oxygen atoms in total. The summed E-state index contributed by atoms with van der Waals surface area (Å²) in [5, 5.41) is 3.29. The Bertz CT molecular complexity index is 538. The lowest BCUT2D eigenvalue weighted by molar-refractivity contribution is 0.590. The van der Waals surface area contributed by atoms with Crippen LogP contribution in [-0.4, -0.2) is 7.05 Å². The molecule has 1 aromatic heterocycles. The summed E-state index contributed by atoms with van der Waals surface area (Å²) in [4.78, 5) is 1.26. The minimum Gasteiger partial charge on any atom is -0.312 e. The zero-order chi connectivity index (χ0) is 13.1. The lowest BCUT2D eigenvalue weighted by Crippen LogP contribution is -2.18. The van der Waals surface area contributed by atoms with Crippen LogP contribution >= 0.6 is 27.3 Å². The fourth-order valence-corrected chi connectivity index (χ4v) is 3.47. The van der Waals surface area contributed by atoms with Crippen LogP contribution < -0.4 is 5.32 Å². The van der Waals surface area contributed by atoms with Crippen LogP contribution in [0.15, 0.2) is 34.1 Å². The molecule has 2 rings (SSSR count). The molecular weight excluding hydrogens is 313 g/mol. The van der Waals surface area contributed by atoms with E-state index in [0.717, 1.165) is 21.3 Å². The summed E-state index contributed by atoms with van der Waals surface area (Å²) in [6.45, 7) is 2.02. The summed E-state index contributed by atoms with van der Waals surface area (Å²) < 4.78 is 14.4. The van der Waals surface area contributed by atoms with Crippen LogP contribution in [-0.2, 0) is 6.42 Å². The van der Waals surface area contributed by atoms with Crippen molar-refractivity contribution < 1.29 is 4.39 Å². The molecule has 0 bridgehead atoms. The molecule has 0 aliphatic heterocycles. The van der Waals surface area contributed by atoms with E-state index in [4.69, 9.17) is 0 Å². The molecule has 0 saturated carbocycles. The highest BCUT2D eigenvalue weighted by molar-refractivity contribution is 9.11. The van der Waals surface area contributed by atoms with Gasteiger partial charge in [0.15, 0.2) is 0 Å². The molecule has 0 fully saturated rings. The number of hydrogen-bond acceptors (Lipinski definition) is 2. The standard InChI is InChI=1S/C14H15BrFNS/c1-9-3-4-11(16)7-10(9)8-12(17-2)13-5-6-14(15)18-13/h3-7,12,17H,8H2,1-2H3. The van der Waals surface area contributed by atoms with Gasteiger partial charge in [0.25, 0.3) is 0 Å². The molecule has 1 aromatic carbocycles. The zero-order valence-electron chi connectivity index (χ0n) is 10.3. The van der Waals surface area contributed by atoms with Gasteiger partial charge in [-0.1, -0.05) is 6.07 Å². The van der Waals surface area contributed by atoms with Gasteiger partial charge < -0.3 is 5.32 Å². The molecule has 18 heavy (non-hydrogen) atoms. The number of thiophene rings is 1. The Kier molecular flexibility index (Phi) is 4.54. The first-order valence-corrected chi connectivity index (χ1v) is 7.38. The number of halogens is 2. The van der Waals surface area contributed by atoms with Gasteiger partial charge in [-0.25, -0.2) is 4.39 Å². The predicted molar refractivity (Wildman–Crippen MR) is 78.7 cm³/mol. The molecule has 2 aromatic rings. The number of benzene rings is 1. The van der Waals surface area contributed by atoms with E-state index in [1.54, 1.807) is 17.4 Å². The summed E-state index contributed by atoms with van der Waals surface area (Å²) in [5.74, 6) is -0.169. The van der Waals surface area contributed by atoms with Gasteiger partial charge in [-0.3, -0.25) is 0 Å². The summed E-state index contributed by atoms with van der Waals surface area (Å²) in [6, 6.07) is 9.34. The SMILES string of the molecule is CNC(Cc1cc(F)ccc1C)c1ccc(Br)s1. The summed E-state index contributed by atoms with van der Waals surface area (Å²) in [5.41, 5.74) is 2.19. The summed E-state index contributed by atoms with van der Waals surface area (Å²) in [6.07, 6.45) is 0.799. The largest absolute Gasteiger partial charge is 0.312 e. The minimum atomic E-state index is -0.169. The number of aryl methyl sites for hydroxylation is 1. The average Bonchev–Trinajstić information content (AvgIpc) is 2.77. The highest BCUT2D eigenvalue weighted by Gasteiger charge is 2.14. The third-order valence-electron chi connectivity index (χ3n) is 3.02. The van der Waals surface area contributed by atoms with E-state index in [9.17, 15) is 4.39 Å². The monoisotopic (exact) mass is 327 g/mol. The number of hydrogen-bond donors (Lipinski definition) is 1. The lowest BCUT2D eigenvalue weighted by Gasteiger charge is -2.16. The van der Waals surface area contributed by atoms with Crippen molar-refractivity contribution >= 4 is 27.3 Å². The lowest BCUT2D eigenvalue weighted by atomic mass is 10.00. The second-order valence-corrected chi connectivity index (χ2v) is 6.75. The van der Waals surface area contributed by atoms with Crippen molar-refractivity contribution in [1.29, 1.82) is 0 Å². The Morgan fingerprint density at radius 3 is 2.72 bits per heavy atom. The first-order valence-electron chi connectivity index (χ1n) is 5.77. The van der Waals surface area contributed by atoms with Crippen molar-refractivity contribution in [1.82, 2.24) is 5.32 Å². The van der Waals surface area contributed by atoms with Crippen molar-refractivity contribution in [2.45, 2.75) is 19.4 Å². The Morgan fingerprint density at radius 1 is 1.33 bits per heavy atom. The van der Waals surface area contributed by atoms with Gasteiger partial charge in [0.2, 0.25) is 0 Å². The molecule has 0 aliphatic rings. The van der Waals surface area contributed by atoms with Crippen molar-refractivity contribution in [2.75, 3.05) is 7.05 Å². The number of nitrogens with one attached hydrogen (secondary N) is 1. The topological polar surface area (TPSA) is 12.0 Å². The van der Waals surface area contributed by atoms with E-state index < -0.39 is 0 Å². The Hall–Kier alpha value is -0.710. The van der Waals surface area contributed by atoms with Crippen LogP contribution in [0.4, 0.5) is 4.39 Å². The molecule has 0 radical (unpaired) electrons. The van der Waals surface area contributed by atoms with E-state index in [-0.39, 0.29) is 11.9 Å². The van der Waals surface area contributed by atoms with E-state index in [1.807, 2.05) is 26.1 Å². The second kappa shape index (κ2) is 5.95. The van der Waals surface area contributed by atoms with E-state index in [2.05, 4.69) is 27.3 Å². The molecule has 0 aliphatic carbocycles. The smallest absolute Gasteiger partial charge is 0.123 e. The minimum absolute atomic E-state index is 0.169. The Labute approximate surface area is 119 Å². The third-order valence-corrected chi connectivity index (χ3v) is 4.76. The van der Waals surface area contributed by atoms with Gasteiger partial charge in [-0.05, 0) is 71.7 Å². The van der Waals surface area contributed by atoms with Gasteiger partial charge >= 0.3 is 0 Å². The second-order valence-electron chi connectivity index (χ2n) is 4.26. The van der Waals surface area contributed by atoms with Crippen molar-refractivity contribution in [3.8, 4) is 0 Å². The van der Waals surface area contributed by atoms with Crippen LogP contribution in [0.5, 0.6) is 0 Å². The maximum Gasteiger partial charge on any atom is 0.123 e. The maximum atomic E-state index is 13.3. The van der Waals surface area contributed by atoms with Crippen LogP contribution in [0.1, 0.15) is 22.0 Å². The Morgan fingerprint density at radius 2 is 2.11 bits per heavy atom. The van der Waals surface area contributed by atoms with Crippen molar-refractivity contribution in [3.63, 3.8) is 0 Å². The first kappa shape index (κ1) is 13.7. The zero-order valence-corrected chi connectivity index (χ0v) is 12.7. The molecule has 1 unspecified atom stereocenters. The van der Waals surface area contributed by atoms with Gasteiger partial charge in [0.1, 0.15) is 5.82 Å². The summed E-state index contributed by atoms with van der Waals surface area (Å²) in [7, 11) is 1.94. The van der Waals surface area contributed by atoms with Crippen molar-refractivity contribution in [3.05, 3.63) is 55.9 Å². The van der Waals surface area contributed by atoms with Gasteiger partial charge in [0.05, 0.1) is 3.79 Å². The molecule has 0 amide bonds. The molecule has 1 heterocycles. The Balaban J connectivity index is 2.22. The number of likely N-dealkylation sites (N-methyl/N-ethyl adjacent to an activating group) is 1. The van der Waals surface area contributed by atoms with Crippen molar-refractivity contribution in [2.24, 2.45) is 0 Å². The molecule has 1 N–H and O–H groups in total. The number of rotatable bonds is 4. The highest BCUT2D eigenvalue weighted by Crippen LogP contribution is 2.29. The van der Waals surface area contributed by atoms with Crippen LogP contribution in [0.2, 0.25) is 0 Å². The molecule has 4 heteroatoms. The quantitative estimate of drug-likeness (QED) is 0.874. The molecular formula is C14H15BrFNS. The maximum absolute atomic E-state index is 13.3. The highest BCUT2D eigenvalue weighted by atomic mass is 79.9. The van der Waals surface area contributed by atoms with E-state index in [1.165, 1.54) is 10.9 Å². The molecule has 0 spiro atoms. The predicted octanol–water partition coefficient (Wildman–Crippen LogP) is 4.46. The van der Waals surface area contributed by atoms with Crippen LogP contribution in [0.25, 0.3) is 0 Å². The van der Waals surface area contributed by atoms with Gasteiger partial charge in [0, 0.05) is 10.9 Å². The van der Waals surface area contributed by atoms with E-state index in [0.29, 0.717) is 0 Å². The molecule has 1 atom stereocenters. The van der Waals surface area contributed by atoms with E-state index >= 15 is 0 Å².